The van der Waals surface area contributed by atoms with Crippen molar-refractivity contribution >= 4 is 22.4 Å². The first-order valence-electron chi connectivity index (χ1n) is 7.43. The van der Waals surface area contributed by atoms with Crippen LogP contribution in [0.2, 0.25) is 0 Å². The van der Waals surface area contributed by atoms with E-state index >= 15 is 0 Å². The van der Waals surface area contributed by atoms with Gasteiger partial charge >= 0.3 is 5.97 Å². The van der Waals surface area contributed by atoms with Crippen molar-refractivity contribution in [2.45, 2.75) is 19.3 Å². The van der Waals surface area contributed by atoms with E-state index < -0.39 is 0 Å². The number of rotatable bonds is 3. The van der Waals surface area contributed by atoms with E-state index in [0.717, 1.165) is 41.6 Å². The summed E-state index contributed by atoms with van der Waals surface area (Å²) in [6.07, 6.45) is 4.52. The van der Waals surface area contributed by atoms with E-state index in [2.05, 4.69) is 12.1 Å². The Balaban J connectivity index is 1.85. The fraction of sp³-hybridized carbons (Fsp3) is 0.333. The molecule has 2 aromatic rings. The molecule has 4 nitrogen and oxygen atoms in total. The second-order valence-electron chi connectivity index (χ2n) is 5.48. The zero-order valence-corrected chi connectivity index (χ0v) is 12.8. The van der Waals surface area contributed by atoms with Crippen LogP contribution < -0.4 is 4.74 Å². The quantitative estimate of drug-likeness (QED) is 0.812. The topological polar surface area (TPSA) is 48.4 Å². The van der Waals surface area contributed by atoms with Crippen LogP contribution in [-0.4, -0.2) is 25.2 Å². The van der Waals surface area contributed by atoms with Crippen LogP contribution in [0, 0.1) is 5.92 Å². The van der Waals surface area contributed by atoms with Crippen LogP contribution in [-0.2, 0) is 9.53 Å². The molecule has 0 aliphatic heterocycles. The van der Waals surface area contributed by atoms with E-state index in [-0.39, 0.29) is 11.9 Å². The van der Waals surface area contributed by atoms with Crippen molar-refractivity contribution in [1.82, 2.24) is 4.98 Å². The van der Waals surface area contributed by atoms with E-state index in [9.17, 15) is 4.79 Å². The Kier molecular flexibility index (Phi) is 4.09. The van der Waals surface area contributed by atoms with Gasteiger partial charge in [0.25, 0.3) is 0 Å². The number of carbonyl (C=O) groups is 1. The third-order valence-corrected chi connectivity index (χ3v) is 4.17. The van der Waals surface area contributed by atoms with Crippen molar-refractivity contribution in [2.24, 2.45) is 5.92 Å². The first-order chi connectivity index (χ1) is 10.7. The zero-order valence-electron chi connectivity index (χ0n) is 12.8. The summed E-state index contributed by atoms with van der Waals surface area (Å²) >= 11 is 0. The molecular weight excluding hydrogens is 278 g/mol. The molecule has 0 saturated carbocycles. The largest absolute Gasteiger partial charge is 0.497 e. The van der Waals surface area contributed by atoms with Crippen molar-refractivity contribution in [2.75, 3.05) is 14.2 Å². The number of allylic oxidation sites excluding steroid dienone is 2. The molecule has 0 saturated heterocycles. The number of methoxy groups -OCH3 is 2. The number of hydrogen-bond acceptors (Lipinski definition) is 4. The Bertz CT molecular complexity index is 736. The Morgan fingerprint density at radius 3 is 2.77 bits per heavy atom. The van der Waals surface area contributed by atoms with Crippen LogP contribution in [0.5, 0.6) is 5.75 Å². The summed E-state index contributed by atoms with van der Waals surface area (Å²) in [6.45, 7) is 0. The number of benzene rings is 1. The molecule has 3 rings (SSSR count). The molecule has 0 N–H and O–H groups in total. The summed E-state index contributed by atoms with van der Waals surface area (Å²) in [5.74, 6) is 0.701. The van der Waals surface area contributed by atoms with Gasteiger partial charge in [-0.3, -0.25) is 4.79 Å². The molecule has 1 aromatic heterocycles. The number of esters is 1. The van der Waals surface area contributed by atoms with Gasteiger partial charge in [-0.1, -0.05) is 12.1 Å². The van der Waals surface area contributed by atoms with Gasteiger partial charge in [0.2, 0.25) is 0 Å². The van der Waals surface area contributed by atoms with E-state index in [1.165, 1.54) is 12.7 Å². The highest BCUT2D eigenvalue weighted by atomic mass is 16.5. The smallest absolute Gasteiger partial charge is 0.308 e. The van der Waals surface area contributed by atoms with Crippen molar-refractivity contribution in [1.29, 1.82) is 0 Å². The van der Waals surface area contributed by atoms with Crippen molar-refractivity contribution < 1.29 is 14.3 Å². The third-order valence-electron chi connectivity index (χ3n) is 4.17. The average Bonchev–Trinajstić information content (AvgIpc) is 2.60. The molecule has 22 heavy (non-hydrogen) atoms. The maximum atomic E-state index is 11.6. The molecule has 0 spiro atoms. The number of ether oxygens (including phenoxy) is 2. The molecule has 1 aliphatic rings. The molecule has 1 atom stereocenters. The lowest BCUT2D eigenvalue weighted by molar-refractivity contribution is -0.145. The van der Waals surface area contributed by atoms with Gasteiger partial charge in [-0.15, -0.1) is 0 Å². The number of pyridine rings is 1. The third kappa shape index (κ3) is 2.82. The Labute approximate surface area is 129 Å². The molecule has 0 radical (unpaired) electrons. The summed E-state index contributed by atoms with van der Waals surface area (Å²) in [6, 6.07) is 9.97. The molecule has 4 heteroatoms. The molecule has 0 bridgehead atoms. The summed E-state index contributed by atoms with van der Waals surface area (Å²) < 4.78 is 10.0. The SMILES string of the molecule is COC(=O)C1CC=C(c2ccc3cc(OC)ccc3n2)CC1. The lowest BCUT2D eigenvalue weighted by Crippen LogP contribution is -2.18. The van der Waals surface area contributed by atoms with Crippen LogP contribution in [0.25, 0.3) is 16.5 Å². The number of aromatic nitrogens is 1. The van der Waals surface area contributed by atoms with Gasteiger partial charge in [-0.2, -0.15) is 0 Å². The second-order valence-corrected chi connectivity index (χ2v) is 5.48. The van der Waals surface area contributed by atoms with E-state index in [4.69, 9.17) is 14.5 Å². The standard InChI is InChI=1S/C18H19NO3/c1-21-15-8-10-17-14(11-15)7-9-16(19-17)12-3-5-13(6-4-12)18(20)22-2/h3,7-11,13H,4-6H2,1-2H3. The number of hydrogen-bond donors (Lipinski definition) is 0. The molecular formula is C18H19NO3. The minimum atomic E-state index is -0.117. The maximum Gasteiger partial charge on any atom is 0.308 e. The Hall–Kier alpha value is -2.36. The maximum absolute atomic E-state index is 11.6. The highest BCUT2D eigenvalue weighted by Crippen LogP contribution is 2.31. The monoisotopic (exact) mass is 297 g/mol. The molecule has 0 amide bonds. The van der Waals surface area contributed by atoms with Crippen LogP contribution >= 0.6 is 0 Å². The fourth-order valence-corrected chi connectivity index (χ4v) is 2.86. The molecule has 0 fully saturated rings. The van der Waals surface area contributed by atoms with Crippen LogP contribution in [0.1, 0.15) is 25.0 Å². The van der Waals surface area contributed by atoms with Gasteiger partial charge in [0.15, 0.2) is 0 Å². The van der Waals surface area contributed by atoms with E-state index in [1.807, 2.05) is 24.3 Å². The predicted molar refractivity (Wildman–Crippen MR) is 85.6 cm³/mol. The van der Waals surface area contributed by atoms with Crippen LogP contribution in [0.4, 0.5) is 0 Å². The highest BCUT2D eigenvalue weighted by molar-refractivity contribution is 5.83. The minimum absolute atomic E-state index is 0.0153. The predicted octanol–water partition coefficient (Wildman–Crippen LogP) is 3.60. The molecule has 114 valence electrons. The van der Waals surface area contributed by atoms with Crippen molar-refractivity contribution in [3.05, 3.63) is 42.1 Å². The van der Waals surface area contributed by atoms with E-state index in [1.54, 1.807) is 7.11 Å². The van der Waals surface area contributed by atoms with Gasteiger partial charge in [0, 0.05) is 5.39 Å². The molecule has 1 unspecified atom stereocenters. The molecule has 1 aromatic carbocycles. The minimum Gasteiger partial charge on any atom is -0.497 e. The first-order valence-corrected chi connectivity index (χ1v) is 7.43. The van der Waals surface area contributed by atoms with Crippen molar-refractivity contribution in [3.8, 4) is 5.75 Å². The second kappa shape index (κ2) is 6.18. The summed E-state index contributed by atoms with van der Waals surface area (Å²) in [5, 5.41) is 1.06. The van der Waals surface area contributed by atoms with E-state index in [0.29, 0.717) is 0 Å². The van der Waals surface area contributed by atoms with Gasteiger partial charge in [-0.05, 0) is 49.1 Å². The van der Waals surface area contributed by atoms with Crippen LogP contribution in [0.3, 0.4) is 0 Å². The number of fused-ring (bicyclic) bond motifs is 1. The highest BCUT2D eigenvalue weighted by Gasteiger charge is 2.22. The average molecular weight is 297 g/mol. The molecule has 1 aliphatic carbocycles. The van der Waals surface area contributed by atoms with Gasteiger partial charge < -0.3 is 9.47 Å². The lowest BCUT2D eigenvalue weighted by atomic mass is 9.88. The van der Waals surface area contributed by atoms with Crippen LogP contribution in [0.15, 0.2) is 36.4 Å². The molecule has 1 heterocycles. The normalized spacial score (nSPS) is 17.9. The zero-order chi connectivity index (χ0) is 15.5. The summed E-state index contributed by atoms with van der Waals surface area (Å²) in [4.78, 5) is 16.3. The number of carbonyl (C=O) groups excluding carboxylic acids is 1. The van der Waals surface area contributed by atoms with Gasteiger partial charge in [-0.25, -0.2) is 4.98 Å². The Morgan fingerprint density at radius 1 is 1.23 bits per heavy atom. The first kappa shape index (κ1) is 14.6. The lowest BCUT2D eigenvalue weighted by Gasteiger charge is -2.19. The summed E-state index contributed by atoms with van der Waals surface area (Å²) in [5.41, 5.74) is 3.15. The fourth-order valence-electron chi connectivity index (χ4n) is 2.86. The van der Waals surface area contributed by atoms with Gasteiger partial charge in [0.05, 0.1) is 31.3 Å². The summed E-state index contributed by atoms with van der Waals surface area (Å²) in [7, 11) is 3.11. The number of nitrogens with zero attached hydrogens (tertiary/aromatic N) is 1. The van der Waals surface area contributed by atoms with Gasteiger partial charge in [0.1, 0.15) is 5.75 Å². The Morgan fingerprint density at radius 2 is 2.09 bits per heavy atom. The van der Waals surface area contributed by atoms with Crippen molar-refractivity contribution in [3.63, 3.8) is 0 Å².